The number of ether oxygens (including phenoxy) is 3. The molecule has 28 heavy (non-hydrogen) atoms. The van der Waals surface area contributed by atoms with E-state index in [1.165, 1.54) is 37.8 Å². The minimum absolute atomic E-state index is 0.0315. The highest BCUT2D eigenvalue weighted by molar-refractivity contribution is 5.87. The van der Waals surface area contributed by atoms with Crippen molar-refractivity contribution in [3.05, 3.63) is 22.7 Å². The number of rotatable bonds is 8. The summed E-state index contributed by atoms with van der Waals surface area (Å²) in [5, 5.41) is 2.43. The van der Waals surface area contributed by atoms with Gasteiger partial charge < -0.3 is 24.3 Å². The Balaban J connectivity index is 2.21. The maximum Gasteiger partial charge on any atom is 0.351 e. The van der Waals surface area contributed by atoms with Gasteiger partial charge in [0, 0.05) is 26.7 Å². The van der Waals surface area contributed by atoms with Crippen LogP contribution in [0.4, 0.5) is 5.82 Å². The molecular formula is C18H25N3O7. The summed E-state index contributed by atoms with van der Waals surface area (Å²) in [7, 11) is 1.43. The van der Waals surface area contributed by atoms with Crippen molar-refractivity contribution in [3.8, 4) is 0 Å². The fourth-order valence-corrected chi connectivity index (χ4v) is 3.00. The zero-order valence-corrected chi connectivity index (χ0v) is 16.3. The molecule has 1 amide bonds. The highest BCUT2D eigenvalue weighted by atomic mass is 16.6. The zero-order chi connectivity index (χ0) is 20.8. The van der Waals surface area contributed by atoms with Crippen molar-refractivity contribution in [2.75, 3.05) is 12.4 Å². The maximum absolute atomic E-state index is 12.4. The van der Waals surface area contributed by atoms with Gasteiger partial charge in [-0.3, -0.25) is 14.2 Å². The lowest BCUT2D eigenvalue weighted by molar-refractivity contribution is -0.157. The highest BCUT2D eigenvalue weighted by Crippen LogP contribution is 2.34. The molecule has 0 saturated carbocycles. The number of carbonyl (C=O) groups excluding carboxylic acids is 3. The van der Waals surface area contributed by atoms with Crippen LogP contribution >= 0.6 is 0 Å². The summed E-state index contributed by atoms with van der Waals surface area (Å²) in [6.45, 7) is 4.57. The van der Waals surface area contributed by atoms with Crippen LogP contribution < -0.4 is 11.0 Å². The van der Waals surface area contributed by atoms with Crippen molar-refractivity contribution in [1.29, 1.82) is 0 Å². The number of ketones is 1. The van der Waals surface area contributed by atoms with Crippen molar-refractivity contribution in [3.63, 3.8) is 0 Å². The van der Waals surface area contributed by atoms with Gasteiger partial charge in [0.25, 0.3) is 0 Å². The first-order valence-corrected chi connectivity index (χ1v) is 9.00. The van der Waals surface area contributed by atoms with Crippen molar-refractivity contribution >= 4 is 23.5 Å². The minimum Gasteiger partial charge on any atom is -0.457 e. The number of hydrogen-bond acceptors (Lipinski definition) is 8. The Morgan fingerprint density at radius 3 is 2.50 bits per heavy atom. The molecule has 1 aliphatic heterocycles. The van der Waals surface area contributed by atoms with E-state index in [0.717, 1.165) is 0 Å². The molecule has 0 bridgehead atoms. The number of carbonyl (C=O) groups is 3. The molecule has 0 aliphatic carbocycles. The lowest BCUT2D eigenvalue weighted by Crippen LogP contribution is -2.39. The SMILES string of the molecule is CC[C@H]1O[C@@H](n2ccc(NC(C)=O)nc2=O)[C@@H](OC)C1OC(=O)CCC(C)=O. The Bertz CT molecular complexity index is 792. The van der Waals surface area contributed by atoms with Gasteiger partial charge in [0.15, 0.2) is 12.3 Å². The lowest BCUT2D eigenvalue weighted by atomic mass is 10.1. The standard InChI is InChI=1S/C18H25N3O7/c1-5-12-15(28-14(24)7-6-10(2)22)16(26-4)17(27-12)21-9-8-13(19-11(3)23)20-18(21)25/h8-9,12,15-17H,5-7H2,1-4H3,(H,19,20,23,25)/t12-,15?,16+,17-/m1/s1. The highest BCUT2D eigenvalue weighted by Gasteiger charge is 2.48. The van der Waals surface area contributed by atoms with E-state index < -0.39 is 36.2 Å². The molecule has 1 N–H and O–H groups in total. The fraction of sp³-hybridized carbons (Fsp3) is 0.611. The maximum atomic E-state index is 12.4. The normalized spacial score (nSPS) is 24.0. The molecule has 2 heterocycles. The van der Waals surface area contributed by atoms with Crippen LogP contribution in [-0.2, 0) is 28.6 Å². The number of aromatic nitrogens is 2. The smallest absolute Gasteiger partial charge is 0.351 e. The van der Waals surface area contributed by atoms with E-state index in [1.54, 1.807) is 0 Å². The van der Waals surface area contributed by atoms with E-state index in [9.17, 15) is 19.2 Å². The number of nitrogens with one attached hydrogen (secondary N) is 1. The first-order chi connectivity index (χ1) is 13.3. The Labute approximate surface area is 162 Å². The molecule has 10 heteroatoms. The summed E-state index contributed by atoms with van der Waals surface area (Å²) in [5.41, 5.74) is -0.642. The molecule has 1 saturated heterocycles. The van der Waals surface area contributed by atoms with Gasteiger partial charge in [0.2, 0.25) is 5.91 Å². The third-order valence-corrected chi connectivity index (χ3v) is 4.32. The Morgan fingerprint density at radius 1 is 1.25 bits per heavy atom. The van der Waals surface area contributed by atoms with Gasteiger partial charge in [-0.05, 0) is 19.4 Å². The number of nitrogens with zero attached hydrogens (tertiary/aromatic N) is 2. The van der Waals surface area contributed by atoms with Gasteiger partial charge in [-0.15, -0.1) is 0 Å². The third-order valence-electron chi connectivity index (χ3n) is 4.32. The number of amides is 1. The summed E-state index contributed by atoms with van der Waals surface area (Å²) in [4.78, 5) is 50.5. The van der Waals surface area contributed by atoms with E-state index in [1.807, 2.05) is 6.92 Å². The van der Waals surface area contributed by atoms with Crippen molar-refractivity contribution < 1.29 is 28.6 Å². The summed E-state index contributed by atoms with van der Waals surface area (Å²) in [6.07, 6.45) is -0.796. The largest absolute Gasteiger partial charge is 0.457 e. The summed E-state index contributed by atoms with van der Waals surface area (Å²) < 4.78 is 18.1. The molecular weight excluding hydrogens is 370 g/mol. The van der Waals surface area contributed by atoms with Crippen LogP contribution in [0.2, 0.25) is 0 Å². The van der Waals surface area contributed by atoms with E-state index >= 15 is 0 Å². The summed E-state index contributed by atoms with van der Waals surface area (Å²) in [6, 6.07) is 1.46. The van der Waals surface area contributed by atoms with Crippen LogP contribution in [-0.4, -0.2) is 52.6 Å². The molecule has 154 valence electrons. The van der Waals surface area contributed by atoms with E-state index in [0.29, 0.717) is 6.42 Å². The van der Waals surface area contributed by atoms with Gasteiger partial charge in [0.1, 0.15) is 17.7 Å². The molecule has 0 aromatic carbocycles. The summed E-state index contributed by atoms with van der Waals surface area (Å²) >= 11 is 0. The average molecular weight is 395 g/mol. The zero-order valence-electron chi connectivity index (χ0n) is 16.3. The predicted octanol–water partition coefficient (Wildman–Crippen LogP) is 0.805. The fourth-order valence-electron chi connectivity index (χ4n) is 3.00. The van der Waals surface area contributed by atoms with Crippen LogP contribution in [0.15, 0.2) is 17.1 Å². The molecule has 10 nitrogen and oxygen atoms in total. The molecule has 0 spiro atoms. The second-order valence-corrected chi connectivity index (χ2v) is 6.51. The number of methoxy groups -OCH3 is 1. The predicted molar refractivity (Wildman–Crippen MR) is 97.6 cm³/mol. The van der Waals surface area contributed by atoms with Crippen LogP contribution in [0.3, 0.4) is 0 Å². The molecule has 0 radical (unpaired) electrons. The van der Waals surface area contributed by atoms with Gasteiger partial charge in [-0.25, -0.2) is 4.79 Å². The van der Waals surface area contributed by atoms with Gasteiger partial charge in [0.05, 0.1) is 12.5 Å². The molecule has 4 atom stereocenters. The molecule has 2 rings (SSSR count). The Hall–Kier alpha value is -2.59. The van der Waals surface area contributed by atoms with Crippen LogP contribution in [0.1, 0.15) is 46.3 Å². The first-order valence-electron chi connectivity index (χ1n) is 9.00. The second kappa shape index (κ2) is 9.56. The van der Waals surface area contributed by atoms with Gasteiger partial charge in [-0.1, -0.05) is 6.92 Å². The van der Waals surface area contributed by atoms with Crippen molar-refractivity contribution in [2.24, 2.45) is 0 Å². The van der Waals surface area contributed by atoms with E-state index in [4.69, 9.17) is 14.2 Å². The molecule has 1 aromatic rings. The molecule has 1 aliphatic rings. The van der Waals surface area contributed by atoms with Crippen molar-refractivity contribution in [2.45, 2.75) is 64.6 Å². The monoisotopic (exact) mass is 395 g/mol. The molecule has 1 aromatic heterocycles. The number of anilines is 1. The van der Waals surface area contributed by atoms with Crippen LogP contribution in [0.5, 0.6) is 0 Å². The van der Waals surface area contributed by atoms with E-state index in [-0.39, 0.29) is 30.3 Å². The Morgan fingerprint density at radius 2 is 1.96 bits per heavy atom. The van der Waals surface area contributed by atoms with Crippen LogP contribution in [0, 0.1) is 0 Å². The lowest BCUT2D eigenvalue weighted by Gasteiger charge is -2.23. The van der Waals surface area contributed by atoms with Crippen LogP contribution in [0.25, 0.3) is 0 Å². The van der Waals surface area contributed by atoms with E-state index in [2.05, 4.69) is 10.3 Å². The minimum atomic E-state index is -0.855. The van der Waals surface area contributed by atoms with Gasteiger partial charge in [-0.2, -0.15) is 4.98 Å². The number of esters is 1. The van der Waals surface area contributed by atoms with Crippen molar-refractivity contribution in [1.82, 2.24) is 9.55 Å². The average Bonchev–Trinajstić information content (AvgIpc) is 2.96. The second-order valence-electron chi connectivity index (χ2n) is 6.51. The van der Waals surface area contributed by atoms with Gasteiger partial charge >= 0.3 is 11.7 Å². The summed E-state index contributed by atoms with van der Waals surface area (Å²) in [5.74, 6) is -0.860. The first kappa shape index (κ1) is 21.7. The third kappa shape index (κ3) is 5.23. The number of Topliss-reactive ketones (excluding diaryl/α,β-unsaturated/α-hetero) is 1. The Kier molecular flexibility index (Phi) is 7.41. The topological polar surface area (TPSA) is 126 Å². The molecule has 1 fully saturated rings. The number of hydrogen-bond donors (Lipinski definition) is 1. The molecule has 1 unspecified atom stereocenters. The quantitative estimate of drug-likeness (QED) is 0.641.